The third-order valence-corrected chi connectivity index (χ3v) is 4.14. The molecule has 2 aliphatic rings. The third-order valence-electron chi connectivity index (χ3n) is 4.14. The van der Waals surface area contributed by atoms with Crippen LogP contribution in [-0.2, 0) is 14.4 Å². The molecular formula is C13H21N3O3. The average Bonchev–Trinajstić information content (AvgIpc) is 2.41. The van der Waals surface area contributed by atoms with Crippen LogP contribution in [0.4, 0.5) is 0 Å². The molecule has 0 unspecified atom stereocenters. The van der Waals surface area contributed by atoms with Crippen LogP contribution in [0.3, 0.4) is 0 Å². The number of carbonyl (C=O) groups excluding carboxylic acids is 3. The molecular weight excluding hydrogens is 246 g/mol. The number of piperidine rings is 2. The fourth-order valence-corrected chi connectivity index (χ4v) is 2.82. The van der Waals surface area contributed by atoms with Crippen molar-refractivity contribution in [2.45, 2.75) is 25.7 Å². The minimum atomic E-state index is -0.336. The monoisotopic (exact) mass is 267 g/mol. The van der Waals surface area contributed by atoms with Crippen molar-refractivity contribution < 1.29 is 14.4 Å². The van der Waals surface area contributed by atoms with Crippen LogP contribution in [0, 0.1) is 11.8 Å². The maximum atomic E-state index is 12.4. The lowest BCUT2D eigenvalue weighted by molar-refractivity contribution is -0.146. The fraction of sp³-hybridized carbons (Fsp3) is 0.769. The van der Waals surface area contributed by atoms with E-state index in [0.717, 1.165) is 12.8 Å². The van der Waals surface area contributed by atoms with Crippen molar-refractivity contribution in [3.63, 3.8) is 0 Å². The second-order valence-corrected chi connectivity index (χ2v) is 5.53. The van der Waals surface area contributed by atoms with Gasteiger partial charge in [0.05, 0.1) is 5.92 Å². The van der Waals surface area contributed by atoms with Crippen molar-refractivity contribution >= 4 is 17.7 Å². The van der Waals surface area contributed by atoms with Crippen LogP contribution < -0.4 is 5.73 Å². The molecule has 0 aromatic heterocycles. The largest absolute Gasteiger partial charge is 0.369 e. The molecule has 2 aliphatic heterocycles. The van der Waals surface area contributed by atoms with Gasteiger partial charge in [0.1, 0.15) is 0 Å². The van der Waals surface area contributed by atoms with Gasteiger partial charge in [-0.25, -0.2) is 0 Å². The van der Waals surface area contributed by atoms with Gasteiger partial charge in [-0.1, -0.05) is 0 Å². The van der Waals surface area contributed by atoms with Crippen molar-refractivity contribution in [3.05, 3.63) is 0 Å². The zero-order chi connectivity index (χ0) is 14.0. The van der Waals surface area contributed by atoms with Gasteiger partial charge in [0, 0.05) is 39.0 Å². The molecule has 2 heterocycles. The van der Waals surface area contributed by atoms with Crippen molar-refractivity contribution in [3.8, 4) is 0 Å². The van der Waals surface area contributed by atoms with E-state index in [9.17, 15) is 14.4 Å². The summed E-state index contributed by atoms with van der Waals surface area (Å²) in [7, 11) is 1.76. The molecule has 2 atom stereocenters. The molecule has 106 valence electrons. The molecule has 0 bridgehead atoms. The molecule has 0 aromatic rings. The van der Waals surface area contributed by atoms with Crippen LogP contribution in [-0.4, -0.2) is 54.2 Å². The van der Waals surface area contributed by atoms with Crippen molar-refractivity contribution in [1.29, 1.82) is 0 Å². The van der Waals surface area contributed by atoms with Crippen LogP contribution in [0.25, 0.3) is 0 Å². The Morgan fingerprint density at radius 2 is 1.95 bits per heavy atom. The zero-order valence-electron chi connectivity index (χ0n) is 11.3. The summed E-state index contributed by atoms with van der Waals surface area (Å²) in [6.07, 6.45) is 2.55. The number of nitrogens with zero attached hydrogens (tertiary/aromatic N) is 2. The number of hydrogen-bond donors (Lipinski definition) is 1. The van der Waals surface area contributed by atoms with Crippen molar-refractivity contribution in [2.24, 2.45) is 17.6 Å². The molecule has 0 radical (unpaired) electrons. The number of primary amides is 1. The van der Waals surface area contributed by atoms with Gasteiger partial charge in [-0.15, -0.1) is 0 Å². The molecule has 0 spiro atoms. The maximum absolute atomic E-state index is 12.4. The van der Waals surface area contributed by atoms with E-state index in [-0.39, 0.29) is 36.0 Å². The first-order chi connectivity index (χ1) is 8.99. The number of hydrogen-bond acceptors (Lipinski definition) is 3. The van der Waals surface area contributed by atoms with Gasteiger partial charge < -0.3 is 15.5 Å². The van der Waals surface area contributed by atoms with Crippen molar-refractivity contribution in [1.82, 2.24) is 9.80 Å². The van der Waals surface area contributed by atoms with E-state index < -0.39 is 0 Å². The minimum absolute atomic E-state index is 0.00685. The molecule has 6 heteroatoms. The van der Waals surface area contributed by atoms with E-state index in [1.807, 2.05) is 0 Å². The van der Waals surface area contributed by atoms with E-state index in [1.165, 1.54) is 0 Å². The summed E-state index contributed by atoms with van der Waals surface area (Å²) in [6.45, 7) is 1.71. The summed E-state index contributed by atoms with van der Waals surface area (Å²) in [5.41, 5.74) is 5.31. The Kier molecular flexibility index (Phi) is 4.07. The molecule has 19 heavy (non-hydrogen) atoms. The van der Waals surface area contributed by atoms with E-state index in [4.69, 9.17) is 5.73 Å². The summed E-state index contributed by atoms with van der Waals surface area (Å²) in [4.78, 5) is 38.6. The fourth-order valence-electron chi connectivity index (χ4n) is 2.82. The number of likely N-dealkylation sites (tertiary alicyclic amines) is 2. The first-order valence-corrected chi connectivity index (χ1v) is 6.81. The van der Waals surface area contributed by atoms with Crippen molar-refractivity contribution in [2.75, 3.05) is 26.7 Å². The normalized spacial score (nSPS) is 28.4. The van der Waals surface area contributed by atoms with Gasteiger partial charge in [0.25, 0.3) is 0 Å². The summed E-state index contributed by atoms with van der Waals surface area (Å²) < 4.78 is 0. The van der Waals surface area contributed by atoms with Gasteiger partial charge in [-0.05, 0) is 19.3 Å². The zero-order valence-corrected chi connectivity index (χ0v) is 11.3. The summed E-state index contributed by atoms with van der Waals surface area (Å²) in [5, 5.41) is 0. The Morgan fingerprint density at radius 1 is 1.21 bits per heavy atom. The Hall–Kier alpha value is -1.59. The summed E-state index contributed by atoms with van der Waals surface area (Å²) >= 11 is 0. The number of rotatable bonds is 2. The summed E-state index contributed by atoms with van der Waals surface area (Å²) in [6, 6.07) is 0. The first kappa shape index (κ1) is 13.8. The molecule has 6 nitrogen and oxygen atoms in total. The van der Waals surface area contributed by atoms with Crippen LogP contribution in [0.5, 0.6) is 0 Å². The average molecular weight is 267 g/mol. The lowest BCUT2D eigenvalue weighted by atomic mass is 9.92. The summed E-state index contributed by atoms with van der Waals surface area (Å²) in [5.74, 6) is -0.771. The Balaban J connectivity index is 1.96. The Labute approximate surface area is 112 Å². The van der Waals surface area contributed by atoms with Crippen LogP contribution >= 0.6 is 0 Å². The topological polar surface area (TPSA) is 83.7 Å². The lowest BCUT2D eigenvalue weighted by Gasteiger charge is -2.36. The lowest BCUT2D eigenvalue weighted by Crippen LogP contribution is -2.48. The highest BCUT2D eigenvalue weighted by Gasteiger charge is 2.34. The van der Waals surface area contributed by atoms with Gasteiger partial charge >= 0.3 is 0 Å². The predicted octanol–water partition coefficient (Wildman–Crippen LogP) is -0.421. The standard InChI is InChI=1S/C13H21N3O3/c1-15-6-4-9(7-11(15)17)13(19)16-5-2-3-10(8-16)12(14)18/h9-10H,2-8H2,1H3,(H2,14,18)/t9-,10+/m1/s1. The minimum Gasteiger partial charge on any atom is -0.369 e. The highest BCUT2D eigenvalue weighted by Crippen LogP contribution is 2.23. The van der Waals surface area contributed by atoms with Gasteiger partial charge in [0.2, 0.25) is 17.7 Å². The molecule has 2 saturated heterocycles. The molecule has 0 saturated carbocycles. The molecule has 2 fully saturated rings. The number of amides is 3. The molecule has 2 N–H and O–H groups in total. The molecule has 0 aromatic carbocycles. The highest BCUT2D eigenvalue weighted by molar-refractivity contribution is 5.87. The van der Waals surface area contributed by atoms with E-state index >= 15 is 0 Å². The van der Waals surface area contributed by atoms with E-state index in [1.54, 1.807) is 16.8 Å². The maximum Gasteiger partial charge on any atom is 0.226 e. The van der Waals surface area contributed by atoms with Gasteiger partial charge in [-0.2, -0.15) is 0 Å². The second-order valence-electron chi connectivity index (χ2n) is 5.53. The number of nitrogens with two attached hydrogens (primary N) is 1. The van der Waals surface area contributed by atoms with E-state index in [0.29, 0.717) is 26.1 Å². The molecule has 3 amide bonds. The van der Waals surface area contributed by atoms with E-state index in [2.05, 4.69) is 0 Å². The van der Waals surface area contributed by atoms with Gasteiger partial charge in [-0.3, -0.25) is 14.4 Å². The van der Waals surface area contributed by atoms with Crippen LogP contribution in [0.1, 0.15) is 25.7 Å². The second kappa shape index (κ2) is 5.59. The van der Waals surface area contributed by atoms with Crippen LogP contribution in [0.15, 0.2) is 0 Å². The molecule has 0 aliphatic carbocycles. The quantitative estimate of drug-likeness (QED) is 0.737. The van der Waals surface area contributed by atoms with Crippen LogP contribution in [0.2, 0.25) is 0 Å². The first-order valence-electron chi connectivity index (χ1n) is 6.81. The number of carbonyl (C=O) groups is 3. The Bertz CT molecular complexity index is 397. The molecule has 2 rings (SSSR count). The predicted molar refractivity (Wildman–Crippen MR) is 68.9 cm³/mol. The highest BCUT2D eigenvalue weighted by atomic mass is 16.2. The third kappa shape index (κ3) is 3.05. The smallest absolute Gasteiger partial charge is 0.226 e. The SMILES string of the molecule is CN1CC[C@@H](C(=O)N2CCC[C@H](C(N)=O)C2)CC1=O. The Morgan fingerprint density at radius 3 is 2.58 bits per heavy atom. The van der Waals surface area contributed by atoms with Gasteiger partial charge in [0.15, 0.2) is 0 Å².